The van der Waals surface area contributed by atoms with E-state index in [0.717, 1.165) is 11.5 Å². The highest BCUT2D eigenvalue weighted by atomic mass is 32.2. The van der Waals surface area contributed by atoms with Crippen molar-refractivity contribution in [2.75, 3.05) is 38.7 Å². The molecule has 3 rings (SSSR count). The average Bonchev–Trinajstić information content (AvgIpc) is 3.02. The normalized spacial score (nSPS) is 19.4. The number of morpholine rings is 1. The molecule has 2 aromatic rings. The minimum atomic E-state index is -3.63. The monoisotopic (exact) mass is 351 g/mol. The molecular formula is C15H21N5O3S. The number of hydrogen-bond acceptors (Lipinski definition) is 6. The number of nitrogens with zero attached hydrogens (tertiary/aromatic N) is 5. The van der Waals surface area contributed by atoms with Gasteiger partial charge in [0.05, 0.1) is 18.6 Å². The van der Waals surface area contributed by atoms with E-state index in [1.165, 1.54) is 16.8 Å². The fourth-order valence-corrected chi connectivity index (χ4v) is 3.94. The van der Waals surface area contributed by atoms with E-state index in [0.29, 0.717) is 13.2 Å². The summed E-state index contributed by atoms with van der Waals surface area (Å²) in [5, 5.41) is 0.0562. The second-order valence-corrected chi connectivity index (χ2v) is 7.80. The Labute approximate surface area is 141 Å². The molecule has 0 spiro atoms. The minimum Gasteiger partial charge on any atom is -0.369 e. The third kappa shape index (κ3) is 3.28. The van der Waals surface area contributed by atoms with Crippen LogP contribution in [0, 0.1) is 0 Å². The highest BCUT2D eigenvalue weighted by Crippen LogP contribution is 2.26. The van der Waals surface area contributed by atoms with Crippen LogP contribution in [-0.2, 0) is 21.8 Å². The number of aryl methyl sites for hydroxylation is 1. The van der Waals surface area contributed by atoms with Crippen molar-refractivity contribution in [2.24, 2.45) is 7.05 Å². The van der Waals surface area contributed by atoms with Crippen molar-refractivity contribution < 1.29 is 13.2 Å². The van der Waals surface area contributed by atoms with Gasteiger partial charge in [-0.05, 0) is 12.1 Å². The molecule has 0 aromatic carbocycles. The van der Waals surface area contributed by atoms with Crippen LogP contribution in [0.1, 0.15) is 11.8 Å². The van der Waals surface area contributed by atoms with Gasteiger partial charge in [0.25, 0.3) is 10.0 Å². The molecule has 0 saturated carbocycles. The summed E-state index contributed by atoms with van der Waals surface area (Å²) in [6, 6.07) is 5.65. The van der Waals surface area contributed by atoms with Gasteiger partial charge in [0.2, 0.25) is 0 Å². The van der Waals surface area contributed by atoms with Crippen molar-refractivity contribution >= 4 is 15.8 Å². The van der Waals surface area contributed by atoms with Crippen LogP contribution in [0.15, 0.2) is 35.7 Å². The molecule has 0 aliphatic carbocycles. The first kappa shape index (κ1) is 16.9. The van der Waals surface area contributed by atoms with E-state index in [4.69, 9.17) is 4.74 Å². The Morgan fingerprint density at radius 1 is 1.33 bits per heavy atom. The summed E-state index contributed by atoms with van der Waals surface area (Å²) in [7, 11) is 1.93. The Morgan fingerprint density at radius 3 is 2.79 bits per heavy atom. The lowest BCUT2D eigenvalue weighted by atomic mass is 10.2. The second-order valence-electron chi connectivity index (χ2n) is 5.91. The first-order valence-electron chi connectivity index (χ1n) is 7.62. The molecule has 1 aliphatic heterocycles. The summed E-state index contributed by atoms with van der Waals surface area (Å²) < 4.78 is 34.2. The molecule has 8 nitrogen and oxygen atoms in total. The van der Waals surface area contributed by atoms with Gasteiger partial charge in [0.15, 0.2) is 5.03 Å². The maximum absolute atomic E-state index is 12.7. The highest BCUT2D eigenvalue weighted by molar-refractivity contribution is 7.89. The summed E-state index contributed by atoms with van der Waals surface area (Å²) in [6.45, 7) is 0.857. The number of anilines is 1. The van der Waals surface area contributed by atoms with Gasteiger partial charge in [0, 0.05) is 40.4 Å². The molecule has 1 atom stereocenters. The second kappa shape index (κ2) is 6.50. The van der Waals surface area contributed by atoms with Gasteiger partial charge in [-0.2, -0.15) is 4.31 Å². The van der Waals surface area contributed by atoms with Crippen LogP contribution >= 0.6 is 0 Å². The van der Waals surface area contributed by atoms with Gasteiger partial charge in [-0.15, -0.1) is 0 Å². The van der Waals surface area contributed by atoms with Crippen LogP contribution in [0.4, 0.5) is 5.82 Å². The fourth-order valence-electron chi connectivity index (χ4n) is 2.55. The summed E-state index contributed by atoms with van der Waals surface area (Å²) in [6.07, 6.45) is 2.59. The van der Waals surface area contributed by atoms with Crippen LogP contribution < -0.4 is 4.90 Å². The van der Waals surface area contributed by atoms with Gasteiger partial charge in [-0.3, -0.25) is 0 Å². The molecule has 1 fully saturated rings. The number of aromatic nitrogens is 3. The first-order chi connectivity index (χ1) is 11.4. The third-order valence-electron chi connectivity index (χ3n) is 3.86. The zero-order valence-corrected chi connectivity index (χ0v) is 14.8. The number of ether oxygens (including phenoxy) is 1. The molecule has 1 saturated heterocycles. The first-order valence-corrected chi connectivity index (χ1v) is 9.06. The van der Waals surface area contributed by atoms with E-state index in [2.05, 4.69) is 9.97 Å². The highest BCUT2D eigenvalue weighted by Gasteiger charge is 2.33. The summed E-state index contributed by atoms with van der Waals surface area (Å²) >= 11 is 0. The molecule has 0 amide bonds. The van der Waals surface area contributed by atoms with Crippen LogP contribution in [0.3, 0.4) is 0 Å². The molecule has 2 aromatic heterocycles. The number of hydrogen-bond donors (Lipinski definition) is 0. The standard InChI is InChI=1S/C15H21N5O3S/c1-18(2)14-6-4-5-12(17-14)13-9-20(7-8-23-13)24(21,22)15-10-19(3)11-16-15/h4-6,10-11,13H,7-9H2,1-3H3/t13-/m0/s1. The van der Waals surface area contributed by atoms with Gasteiger partial charge in [-0.25, -0.2) is 18.4 Å². The minimum absolute atomic E-state index is 0.0562. The molecule has 3 heterocycles. The van der Waals surface area contributed by atoms with E-state index in [-0.39, 0.29) is 11.6 Å². The molecule has 0 radical (unpaired) electrons. The number of pyridine rings is 1. The molecular weight excluding hydrogens is 330 g/mol. The van der Waals surface area contributed by atoms with E-state index in [9.17, 15) is 8.42 Å². The van der Waals surface area contributed by atoms with Gasteiger partial charge >= 0.3 is 0 Å². The van der Waals surface area contributed by atoms with Gasteiger partial charge in [-0.1, -0.05) is 6.07 Å². The van der Waals surface area contributed by atoms with Gasteiger partial charge < -0.3 is 14.2 Å². The zero-order chi connectivity index (χ0) is 17.3. The fraction of sp³-hybridized carbons (Fsp3) is 0.467. The Morgan fingerprint density at radius 2 is 2.12 bits per heavy atom. The van der Waals surface area contributed by atoms with Crippen LogP contribution in [-0.4, -0.2) is 61.0 Å². The predicted octanol–water partition coefficient (Wildman–Crippen LogP) is 0.643. The molecule has 0 bridgehead atoms. The van der Waals surface area contributed by atoms with E-state index >= 15 is 0 Å². The summed E-state index contributed by atoms with van der Waals surface area (Å²) in [5.74, 6) is 0.806. The molecule has 9 heteroatoms. The Hall–Kier alpha value is -1.97. The van der Waals surface area contributed by atoms with E-state index < -0.39 is 16.1 Å². The quantitative estimate of drug-likeness (QED) is 0.804. The Kier molecular flexibility index (Phi) is 4.57. The van der Waals surface area contributed by atoms with Crippen molar-refractivity contribution in [3.63, 3.8) is 0 Å². The summed E-state index contributed by atoms with van der Waals surface area (Å²) in [4.78, 5) is 10.4. The number of sulfonamides is 1. The number of rotatable bonds is 4. The van der Waals surface area contributed by atoms with Crippen molar-refractivity contribution in [1.29, 1.82) is 0 Å². The Balaban J connectivity index is 1.83. The smallest absolute Gasteiger partial charge is 0.262 e. The zero-order valence-electron chi connectivity index (χ0n) is 14.0. The van der Waals surface area contributed by atoms with E-state index in [1.54, 1.807) is 11.6 Å². The Bertz CT molecular complexity index is 818. The van der Waals surface area contributed by atoms with Crippen molar-refractivity contribution in [3.8, 4) is 0 Å². The van der Waals surface area contributed by atoms with Crippen molar-refractivity contribution in [3.05, 3.63) is 36.4 Å². The number of imidazole rings is 1. The van der Waals surface area contributed by atoms with Crippen molar-refractivity contribution in [2.45, 2.75) is 11.1 Å². The largest absolute Gasteiger partial charge is 0.369 e. The maximum Gasteiger partial charge on any atom is 0.262 e. The van der Waals surface area contributed by atoms with Gasteiger partial charge in [0.1, 0.15) is 11.9 Å². The predicted molar refractivity (Wildman–Crippen MR) is 89.2 cm³/mol. The lowest BCUT2D eigenvalue weighted by Crippen LogP contribution is -2.42. The molecule has 0 unspecified atom stereocenters. The molecule has 130 valence electrons. The van der Waals surface area contributed by atoms with Crippen LogP contribution in [0.5, 0.6) is 0 Å². The molecule has 24 heavy (non-hydrogen) atoms. The SMILES string of the molecule is CN(C)c1cccc([C@@H]2CN(S(=O)(=O)c3cn(C)cn3)CCO2)n1. The summed E-state index contributed by atoms with van der Waals surface area (Å²) in [5.41, 5.74) is 0.724. The third-order valence-corrected chi connectivity index (χ3v) is 5.61. The topological polar surface area (TPSA) is 80.6 Å². The maximum atomic E-state index is 12.7. The van der Waals surface area contributed by atoms with E-state index in [1.807, 2.05) is 37.2 Å². The van der Waals surface area contributed by atoms with Crippen LogP contribution in [0.2, 0.25) is 0 Å². The van der Waals surface area contributed by atoms with Crippen LogP contribution in [0.25, 0.3) is 0 Å². The molecule has 0 N–H and O–H groups in total. The van der Waals surface area contributed by atoms with Crippen molar-refractivity contribution in [1.82, 2.24) is 18.8 Å². The lowest BCUT2D eigenvalue weighted by molar-refractivity contribution is -0.00494. The average molecular weight is 351 g/mol. The lowest BCUT2D eigenvalue weighted by Gasteiger charge is -2.31. The molecule has 1 aliphatic rings.